The number of hydrogen-bond acceptors (Lipinski definition) is 4. The largest absolute Gasteiger partial charge is 0.174 e. The molecule has 86 valence electrons. The van der Waals surface area contributed by atoms with Crippen LogP contribution in [0.2, 0.25) is 0 Å². The van der Waals surface area contributed by atoms with Gasteiger partial charge in [0.05, 0.1) is 0 Å². The molecule has 16 heavy (non-hydrogen) atoms. The number of halogens is 2. The summed E-state index contributed by atoms with van der Waals surface area (Å²) >= 11 is 0. The van der Waals surface area contributed by atoms with Crippen LogP contribution in [0.25, 0.3) is 0 Å². The molecule has 0 saturated heterocycles. The van der Waals surface area contributed by atoms with Crippen LogP contribution in [0.5, 0.6) is 0 Å². The average Bonchev–Trinajstić information content (AvgIpc) is 2.22. The second kappa shape index (κ2) is 5.79. The molecule has 0 saturated carbocycles. The molecule has 0 aliphatic rings. The summed E-state index contributed by atoms with van der Waals surface area (Å²) in [7, 11) is 0. The molecule has 0 aromatic heterocycles. The summed E-state index contributed by atoms with van der Waals surface area (Å²) in [5, 5.41) is 12.1. The molecule has 4 nitrogen and oxygen atoms in total. The van der Waals surface area contributed by atoms with Gasteiger partial charge in [-0.15, -0.1) is 0 Å². The molecule has 0 bridgehead atoms. The standard InChI is InChI=1S/C10H10F2N2O2/c1-7-3-8(2)5-9(4-7)10(14-16-12)6-13-15-11/h3-6H,1-2H3. The number of aryl methyl sites for hydroxylation is 2. The van der Waals surface area contributed by atoms with Gasteiger partial charge in [0.15, 0.2) is 0 Å². The number of nitrogens with zero attached hydrogens (tertiary/aromatic N) is 2. The minimum absolute atomic E-state index is 0.0203. The summed E-state index contributed by atoms with van der Waals surface area (Å²) in [6, 6.07) is 5.39. The number of hydrogen-bond donors (Lipinski definition) is 0. The fourth-order valence-electron chi connectivity index (χ4n) is 1.38. The summed E-state index contributed by atoms with van der Waals surface area (Å²) in [4.78, 5) is 0. The molecule has 0 aliphatic heterocycles. The predicted molar refractivity (Wildman–Crippen MR) is 55.3 cm³/mol. The van der Waals surface area contributed by atoms with E-state index in [1.54, 1.807) is 12.1 Å². The van der Waals surface area contributed by atoms with Crippen molar-refractivity contribution in [1.82, 2.24) is 0 Å². The molecule has 0 amide bonds. The Labute approximate surface area is 90.9 Å². The minimum Gasteiger partial charge on any atom is -0.174 e. The molecule has 0 N–H and O–H groups in total. The zero-order chi connectivity index (χ0) is 12.0. The lowest BCUT2D eigenvalue weighted by atomic mass is 10.0. The van der Waals surface area contributed by atoms with Crippen molar-refractivity contribution in [3.8, 4) is 0 Å². The van der Waals surface area contributed by atoms with Crippen molar-refractivity contribution >= 4 is 11.9 Å². The second-order valence-corrected chi connectivity index (χ2v) is 3.23. The Morgan fingerprint density at radius 1 is 1.12 bits per heavy atom. The van der Waals surface area contributed by atoms with Gasteiger partial charge in [-0.05, 0) is 36.3 Å². The van der Waals surface area contributed by atoms with Gasteiger partial charge in [0.25, 0.3) is 0 Å². The van der Waals surface area contributed by atoms with Crippen LogP contribution in [0, 0.1) is 13.8 Å². The first-order valence-electron chi connectivity index (χ1n) is 4.43. The van der Waals surface area contributed by atoms with Gasteiger partial charge in [0.1, 0.15) is 11.9 Å². The topological polar surface area (TPSA) is 43.2 Å². The molecule has 6 heteroatoms. The Hall–Kier alpha value is -1.98. The summed E-state index contributed by atoms with van der Waals surface area (Å²) in [6.07, 6.45) is 0.911. The van der Waals surface area contributed by atoms with Crippen molar-refractivity contribution in [3.05, 3.63) is 34.9 Å². The number of benzene rings is 1. The van der Waals surface area contributed by atoms with Crippen molar-refractivity contribution in [2.24, 2.45) is 10.3 Å². The zero-order valence-corrected chi connectivity index (χ0v) is 8.78. The highest BCUT2D eigenvalue weighted by Crippen LogP contribution is 2.10. The van der Waals surface area contributed by atoms with Crippen LogP contribution in [0.1, 0.15) is 16.7 Å². The van der Waals surface area contributed by atoms with Gasteiger partial charge in [-0.3, -0.25) is 0 Å². The molecule has 1 rings (SSSR count). The number of rotatable bonds is 4. The van der Waals surface area contributed by atoms with E-state index in [1.807, 2.05) is 19.9 Å². The van der Waals surface area contributed by atoms with E-state index < -0.39 is 0 Å². The quantitative estimate of drug-likeness (QED) is 0.587. The van der Waals surface area contributed by atoms with Gasteiger partial charge in [0.2, 0.25) is 0 Å². The van der Waals surface area contributed by atoms with Crippen LogP contribution in [0.15, 0.2) is 28.5 Å². The highest BCUT2D eigenvalue weighted by molar-refractivity contribution is 6.38. The van der Waals surface area contributed by atoms with Crippen LogP contribution in [0.4, 0.5) is 9.05 Å². The fraction of sp³-hybridized carbons (Fsp3) is 0.200. The van der Waals surface area contributed by atoms with Crippen LogP contribution >= 0.6 is 0 Å². The SMILES string of the molecule is Cc1cc(C)cc(C(C=NOF)=NOF)c1. The minimum atomic E-state index is 0.0203. The Morgan fingerprint density at radius 2 is 1.75 bits per heavy atom. The van der Waals surface area contributed by atoms with Crippen LogP contribution < -0.4 is 0 Å². The van der Waals surface area contributed by atoms with E-state index >= 15 is 0 Å². The van der Waals surface area contributed by atoms with Crippen LogP contribution in [-0.4, -0.2) is 11.9 Å². The third-order valence-electron chi connectivity index (χ3n) is 1.87. The molecular weight excluding hydrogens is 218 g/mol. The molecule has 0 spiro atoms. The normalized spacial score (nSPS) is 11.9. The smallest absolute Gasteiger partial charge is 0.136 e. The van der Waals surface area contributed by atoms with E-state index in [2.05, 4.69) is 20.4 Å². The molecule has 0 radical (unpaired) electrons. The maximum absolute atomic E-state index is 11.7. The van der Waals surface area contributed by atoms with Crippen molar-refractivity contribution in [1.29, 1.82) is 0 Å². The van der Waals surface area contributed by atoms with Crippen LogP contribution in [0.3, 0.4) is 0 Å². The Morgan fingerprint density at radius 3 is 2.25 bits per heavy atom. The second-order valence-electron chi connectivity index (χ2n) is 3.23. The van der Waals surface area contributed by atoms with Gasteiger partial charge in [-0.2, -0.15) is 10.1 Å². The summed E-state index contributed by atoms with van der Waals surface area (Å²) in [5.74, 6) is 0. The highest BCUT2D eigenvalue weighted by atomic mass is 19.3. The van der Waals surface area contributed by atoms with E-state index in [0.717, 1.165) is 17.3 Å². The zero-order valence-electron chi connectivity index (χ0n) is 8.78. The summed E-state index contributed by atoms with van der Waals surface area (Å²) in [5.41, 5.74) is 2.48. The van der Waals surface area contributed by atoms with E-state index in [9.17, 15) is 9.05 Å². The Bertz CT molecular complexity index is 399. The van der Waals surface area contributed by atoms with Crippen molar-refractivity contribution in [3.63, 3.8) is 0 Å². The van der Waals surface area contributed by atoms with Crippen molar-refractivity contribution in [2.75, 3.05) is 0 Å². The lowest BCUT2D eigenvalue weighted by Gasteiger charge is -2.02. The summed E-state index contributed by atoms with van der Waals surface area (Å²) < 4.78 is 23.1. The van der Waals surface area contributed by atoms with Gasteiger partial charge < -0.3 is 0 Å². The highest BCUT2D eigenvalue weighted by Gasteiger charge is 2.04. The van der Waals surface area contributed by atoms with E-state index in [4.69, 9.17) is 0 Å². The average molecular weight is 228 g/mol. The lowest BCUT2D eigenvalue weighted by Crippen LogP contribution is -2.04. The third kappa shape index (κ3) is 3.30. The maximum Gasteiger partial charge on any atom is 0.136 e. The van der Waals surface area contributed by atoms with Gasteiger partial charge >= 0.3 is 0 Å². The molecule has 0 aliphatic carbocycles. The maximum atomic E-state index is 11.7. The van der Waals surface area contributed by atoms with Crippen molar-refractivity contribution in [2.45, 2.75) is 13.8 Å². The number of oxime groups is 2. The summed E-state index contributed by atoms with van der Waals surface area (Å²) in [6.45, 7) is 3.74. The first kappa shape index (κ1) is 12.1. The predicted octanol–water partition coefficient (Wildman–Crippen LogP) is 2.80. The Kier molecular flexibility index (Phi) is 4.38. The molecule has 0 unspecified atom stereocenters. The first-order valence-corrected chi connectivity index (χ1v) is 4.43. The van der Waals surface area contributed by atoms with E-state index in [-0.39, 0.29) is 5.71 Å². The molecular formula is C10H10F2N2O2. The van der Waals surface area contributed by atoms with Crippen molar-refractivity contribution < 1.29 is 19.1 Å². The van der Waals surface area contributed by atoms with E-state index in [0.29, 0.717) is 5.56 Å². The fourth-order valence-corrected chi connectivity index (χ4v) is 1.38. The molecule has 1 aromatic rings. The van der Waals surface area contributed by atoms with Gasteiger partial charge in [-0.25, -0.2) is 0 Å². The monoisotopic (exact) mass is 228 g/mol. The lowest BCUT2D eigenvalue weighted by molar-refractivity contribution is -0.132. The molecule has 1 aromatic carbocycles. The van der Waals surface area contributed by atoms with E-state index in [1.165, 1.54) is 0 Å². The van der Waals surface area contributed by atoms with Crippen LogP contribution in [-0.2, 0) is 10.1 Å². The first-order chi connectivity index (χ1) is 7.67. The third-order valence-corrected chi connectivity index (χ3v) is 1.87. The Balaban J connectivity index is 3.11. The molecule has 0 atom stereocenters. The van der Waals surface area contributed by atoms with Gasteiger partial charge in [-0.1, -0.05) is 17.2 Å². The molecule has 0 heterocycles. The molecule has 0 fully saturated rings. The van der Waals surface area contributed by atoms with Gasteiger partial charge in [0, 0.05) is 14.6 Å².